The van der Waals surface area contributed by atoms with E-state index in [-0.39, 0.29) is 11.4 Å². The summed E-state index contributed by atoms with van der Waals surface area (Å²) in [5, 5.41) is 10.9. The number of nitrogens with zero attached hydrogens (tertiary/aromatic N) is 1. The maximum atomic E-state index is 9.48. The van der Waals surface area contributed by atoms with Crippen LogP contribution in [0.2, 0.25) is 0 Å². The standard InChI is InChI=1S/C14H17NOS/c1-10(16)11(2)17-9-13-6-3-5-12-7-4-8-15-14(12)13/h3-8,10-11,16H,9H2,1-2H3/t10-,11+/m1/s1. The summed E-state index contributed by atoms with van der Waals surface area (Å²) in [6.07, 6.45) is 1.55. The normalized spacial score (nSPS) is 14.8. The van der Waals surface area contributed by atoms with E-state index < -0.39 is 0 Å². The molecule has 1 aromatic carbocycles. The van der Waals surface area contributed by atoms with E-state index in [1.54, 1.807) is 11.8 Å². The fourth-order valence-corrected chi connectivity index (χ4v) is 2.60. The van der Waals surface area contributed by atoms with Crippen molar-refractivity contribution in [2.24, 2.45) is 0 Å². The van der Waals surface area contributed by atoms with Gasteiger partial charge in [0.05, 0.1) is 11.6 Å². The van der Waals surface area contributed by atoms with Crippen LogP contribution in [0, 0.1) is 0 Å². The first-order valence-corrected chi connectivity index (χ1v) is 6.85. The summed E-state index contributed by atoms with van der Waals surface area (Å²) in [7, 11) is 0. The highest BCUT2D eigenvalue weighted by atomic mass is 32.2. The highest BCUT2D eigenvalue weighted by molar-refractivity contribution is 7.99. The first kappa shape index (κ1) is 12.4. The summed E-state index contributed by atoms with van der Waals surface area (Å²) in [4.78, 5) is 4.43. The van der Waals surface area contributed by atoms with E-state index in [1.807, 2.05) is 26.1 Å². The van der Waals surface area contributed by atoms with Gasteiger partial charge in [0.25, 0.3) is 0 Å². The second kappa shape index (κ2) is 5.52. The Morgan fingerprint density at radius 2 is 2.00 bits per heavy atom. The van der Waals surface area contributed by atoms with E-state index in [0.29, 0.717) is 0 Å². The number of thioether (sulfide) groups is 1. The monoisotopic (exact) mass is 247 g/mol. The molecule has 0 unspecified atom stereocenters. The Bertz CT molecular complexity index is 493. The van der Waals surface area contributed by atoms with Crippen molar-refractivity contribution < 1.29 is 5.11 Å². The molecule has 2 atom stereocenters. The third-order valence-electron chi connectivity index (χ3n) is 2.90. The van der Waals surface area contributed by atoms with Crippen molar-refractivity contribution in [2.75, 3.05) is 0 Å². The van der Waals surface area contributed by atoms with Gasteiger partial charge in [0.15, 0.2) is 0 Å². The second-order valence-corrected chi connectivity index (χ2v) is 5.61. The molecule has 0 saturated heterocycles. The average Bonchev–Trinajstić information content (AvgIpc) is 2.35. The van der Waals surface area contributed by atoms with Crippen LogP contribution < -0.4 is 0 Å². The molecule has 3 heteroatoms. The predicted octanol–water partition coefficient (Wildman–Crippen LogP) is 3.24. The number of rotatable bonds is 4. The largest absolute Gasteiger partial charge is 0.392 e. The van der Waals surface area contributed by atoms with Crippen LogP contribution in [-0.4, -0.2) is 21.4 Å². The number of aromatic nitrogens is 1. The van der Waals surface area contributed by atoms with Gasteiger partial charge in [-0.15, -0.1) is 0 Å². The lowest BCUT2D eigenvalue weighted by molar-refractivity contribution is 0.196. The molecule has 0 aliphatic carbocycles. The quantitative estimate of drug-likeness (QED) is 0.900. The molecule has 0 aliphatic rings. The van der Waals surface area contributed by atoms with Crippen LogP contribution in [0.5, 0.6) is 0 Å². The zero-order valence-corrected chi connectivity index (χ0v) is 10.9. The van der Waals surface area contributed by atoms with Gasteiger partial charge in [-0.2, -0.15) is 11.8 Å². The highest BCUT2D eigenvalue weighted by Crippen LogP contribution is 2.24. The number of pyridine rings is 1. The van der Waals surface area contributed by atoms with Gasteiger partial charge < -0.3 is 5.11 Å². The minimum atomic E-state index is -0.275. The summed E-state index contributed by atoms with van der Waals surface area (Å²) in [5.74, 6) is 0.889. The molecule has 90 valence electrons. The van der Waals surface area contributed by atoms with Gasteiger partial charge in [0.1, 0.15) is 0 Å². The topological polar surface area (TPSA) is 33.1 Å². The summed E-state index contributed by atoms with van der Waals surface area (Å²) in [5.41, 5.74) is 2.31. The van der Waals surface area contributed by atoms with E-state index in [2.05, 4.69) is 29.2 Å². The average molecular weight is 247 g/mol. The van der Waals surface area contributed by atoms with Crippen LogP contribution in [0.4, 0.5) is 0 Å². The van der Waals surface area contributed by atoms with Crippen molar-refractivity contribution in [1.29, 1.82) is 0 Å². The third kappa shape index (κ3) is 2.99. The maximum absolute atomic E-state index is 9.48. The Hall–Kier alpha value is -1.06. The molecule has 17 heavy (non-hydrogen) atoms. The van der Waals surface area contributed by atoms with Crippen molar-refractivity contribution >= 4 is 22.7 Å². The molecule has 1 heterocycles. The van der Waals surface area contributed by atoms with Crippen LogP contribution in [0.25, 0.3) is 10.9 Å². The predicted molar refractivity (Wildman–Crippen MR) is 74.2 cm³/mol. The SMILES string of the molecule is C[C@H](SCc1cccc2cccnc12)[C@@H](C)O. The molecule has 2 nitrogen and oxygen atoms in total. The number of aliphatic hydroxyl groups is 1. The van der Waals surface area contributed by atoms with E-state index in [0.717, 1.165) is 11.3 Å². The van der Waals surface area contributed by atoms with Crippen molar-refractivity contribution in [3.05, 3.63) is 42.1 Å². The number of benzene rings is 1. The molecule has 0 spiro atoms. The van der Waals surface area contributed by atoms with Gasteiger partial charge in [-0.3, -0.25) is 4.98 Å². The molecule has 2 rings (SSSR count). The van der Waals surface area contributed by atoms with E-state index >= 15 is 0 Å². The van der Waals surface area contributed by atoms with Gasteiger partial charge in [-0.25, -0.2) is 0 Å². The van der Waals surface area contributed by atoms with Crippen LogP contribution in [-0.2, 0) is 5.75 Å². The van der Waals surface area contributed by atoms with Crippen LogP contribution in [0.3, 0.4) is 0 Å². The smallest absolute Gasteiger partial charge is 0.0742 e. The van der Waals surface area contributed by atoms with Gasteiger partial charge in [0, 0.05) is 22.6 Å². The number of fused-ring (bicyclic) bond motifs is 1. The number of hydrogen-bond donors (Lipinski definition) is 1. The van der Waals surface area contributed by atoms with Gasteiger partial charge in [-0.1, -0.05) is 31.2 Å². The molecule has 0 bridgehead atoms. The number of para-hydroxylation sites is 1. The Balaban J connectivity index is 2.19. The van der Waals surface area contributed by atoms with Gasteiger partial charge in [-0.05, 0) is 18.6 Å². The Morgan fingerprint density at radius 1 is 1.24 bits per heavy atom. The van der Waals surface area contributed by atoms with Crippen LogP contribution in [0.15, 0.2) is 36.5 Å². The minimum Gasteiger partial charge on any atom is -0.392 e. The van der Waals surface area contributed by atoms with Crippen molar-refractivity contribution in [2.45, 2.75) is 31.0 Å². The van der Waals surface area contributed by atoms with E-state index in [4.69, 9.17) is 0 Å². The van der Waals surface area contributed by atoms with E-state index in [1.165, 1.54) is 10.9 Å². The highest BCUT2D eigenvalue weighted by Gasteiger charge is 2.10. The molecular formula is C14H17NOS. The first-order valence-electron chi connectivity index (χ1n) is 5.81. The third-order valence-corrected chi connectivity index (χ3v) is 4.29. The molecule has 0 saturated carbocycles. The van der Waals surface area contributed by atoms with Crippen LogP contribution in [0.1, 0.15) is 19.4 Å². The summed E-state index contributed by atoms with van der Waals surface area (Å²) < 4.78 is 0. The van der Waals surface area contributed by atoms with Gasteiger partial charge in [0.2, 0.25) is 0 Å². The van der Waals surface area contributed by atoms with Crippen molar-refractivity contribution in [1.82, 2.24) is 4.98 Å². The first-order chi connectivity index (χ1) is 8.18. The fourth-order valence-electron chi connectivity index (χ4n) is 1.64. The molecule has 0 amide bonds. The zero-order chi connectivity index (χ0) is 12.3. The lowest BCUT2D eigenvalue weighted by atomic mass is 10.1. The van der Waals surface area contributed by atoms with Gasteiger partial charge >= 0.3 is 0 Å². The van der Waals surface area contributed by atoms with Crippen molar-refractivity contribution in [3.63, 3.8) is 0 Å². The Kier molecular flexibility index (Phi) is 4.02. The molecule has 2 aromatic rings. The second-order valence-electron chi connectivity index (χ2n) is 4.25. The Morgan fingerprint density at radius 3 is 2.76 bits per heavy atom. The maximum Gasteiger partial charge on any atom is 0.0742 e. The molecular weight excluding hydrogens is 230 g/mol. The molecule has 0 aliphatic heterocycles. The molecule has 0 radical (unpaired) electrons. The zero-order valence-electron chi connectivity index (χ0n) is 10.1. The molecule has 1 aromatic heterocycles. The van der Waals surface area contributed by atoms with E-state index in [9.17, 15) is 5.11 Å². The number of hydrogen-bond acceptors (Lipinski definition) is 3. The summed E-state index contributed by atoms with van der Waals surface area (Å²) in [6.45, 7) is 3.88. The summed E-state index contributed by atoms with van der Waals surface area (Å²) in [6, 6.07) is 10.3. The molecule has 0 fully saturated rings. The van der Waals surface area contributed by atoms with Crippen molar-refractivity contribution in [3.8, 4) is 0 Å². The Labute approximate surface area is 106 Å². The number of aliphatic hydroxyl groups excluding tert-OH is 1. The fraction of sp³-hybridized carbons (Fsp3) is 0.357. The molecule has 1 N–H and O–H groups in total. The lowest BCUT2D eigenvalue weighted by Crippen LogP contribution is -2.15. The lowest BCUT2D eigenvalue weighted by Gasteiger charge is -2.14. The summed E-state index contributed by atoms with van der Waals surface area (Å²) >= 11 is 1.76. The minimum absolute atomic E-state index is 0.244. The van der Waals surface area contributed by atoms with Crippen LogP contribution >= 0.6 is 11.8 Å².